The third kappa shape index (κ3) is 5.97. The number of methoxy groups -OCH3 is 1. The Hall–Kier alpha value is -1.22. The first kappa shape index (κ1) is 15.8. The molecule has 0 unspecified atom stereocenters. The van der Waals surface area contributed by atoms with E-state index >= 15 is 0 Å². The maximum Gasteiger partial charge on any atom is 0.161 e. The molecule has 0 heterocycles. The zero-order valence-corrected chi connectivity index (χ0v) is 12.7. The molecule has 3 heteroatoms. The Balaban J connectivity index is 2.51. The minimum atomic E-state index is 0.725. The number of nitrogens with one attached hydrogen (secondary N) is 1. The predicted octanol–water partition coefficient (Wildman–Crippen LogP) is 3.62. The molecule has 108 valence electrons. The fraction of sp³-hybridized carbons (Fsp3) is 0.625. The zero-order chi connectivity index (χ0) is 14.1. The van der Waals surface area contributed by atoms with E-state index in [0.717, 1.165) is 43.5 Å². The lowest BCUT2D eigenvalue weighted by Crippen LogP contribution is -2.16. The Morgan fingerprint density at radius 3 is 2.63 bits per heavy atom. The summed E-state index contributed by atoms with van der Waals surface area (Å²) in [6.45, 7) is 9.22. The van der Waals surface area contributed by atoms with Gasteiger partial charge in [-0.05, 0) is 43.0 Å². The molecule has 0 saturated heterocycles. The van der Waals surface area contributed by atoms with Crippen molar-refractivity contribution in [3.05, 3.63) is 23.8 Å². The second kappa shape index (κ2) is 8.81. The molecule has 0 saturated carbocycles. The highest BCUT2D eigenvalue weighted by Gasteiger charge is 2.05. The third-order valence-corrected chi connectivity index (χ3v) is 2.92. The predicted molar refractivity (Wildman–Crippen MR) is 79.9 cm³/mol. The molecule has 1 N–H and O–H groups in total. The van der Waals surface area contributed by atoms with Gasteiger partial charge in [-0.2, -0.15) is 0 Å². The van der Waals surface area contributed by atoms with Crippen LogP contribution in [0.15, 0.2) is 18.2 Å². The van der Waals surface area contributed by atoms with Crippen molar-refractivity contribution in [1.29, 1.82) is 0 Å². The lowest BCUT2D eigenvalue weighted by atomic mass is 10.1. The van der Waals surface area contributed by atoms with Crippen LogP contribution in [0.2, 0.25) is 0 Å². The maximum absolute atomic E-state index is 5.64. The van der Waals surface area contributed by atoms with Gasteiger partial charge in [0.2, 0.25) is 0 Å². The third-order valence-electron chi connectivity index (χ3n) is 2.92. The van der Waals surface area contributed by atoms with Crippen LogP contribution < -0.4 is 14.8 Å². The summed E-state index contributed by atoms with van der Waals surface area (Å²) in [7, 11) is 1.68. The van der Waals surface area contributed by atoms with Crippen LogP contribution >= 0.6 is 0 Å². The number of benzene rings is 1. The van der Waals surface area contributed by atoms with Crippen molar-refractivity contribution in [2.75, 3.05) is 20.3 Å². The van der Waals surface area contributed by atoms with Crippen molar-refractivity contribution in [1.82, 2.24) is 5.32 Å². The van der Waals surface area contributed by atoms with E-state index in [2.05, 4.69) is 32.2 Å². The lowest BCUT2D eigenvalue weighted by Gasteiger charge is -2.12. The monoisotopic (exact) mass is 265 g/mol. The Morgan fingerprint density at radius 2 is 2.00 bits per heavy atom. The molecule has 3 nitrogen and oxygen atoms in total. The average Bonchev–Trinajstić information content (AvgIpc) is 2.41. The summed E-state index contributed by atoms with van der Waals surface area (Å²) >= 11 is 0. The van der Waals surface area contributed by atoms with Crippen LogP contribution in [-0.2, 0) is 6.54 Å². The number of hydrogen-bond donors (Lipinski definition) is 1. The Bertz CT molecular complexity index is 364. The molecular weight excluding hydrogens is 238 g/mol. The van der Waals surface area contributed by atoms with Crippen molar-refractivity contribution in [3.8, 4) is 11.5 Å². The highest BCUT2D eigenvalue weighted by atomic mass is 16.5. The van der Waals surface area contributed by atoms with E-state index < -0.39 is 0 Å². The van der Waals surface area contributed by atoms with E-state index in [0.29, 0.717) is 0 Å². The van der Waals surface area contributed by atoms with Gasteiger partial charge in [0.15, 0.2) is 11.5 Å². The largest absolute Gasteiger partial charge is 0.493 e. The van der Waals surface area contributed by atoms with Crippen molar-refractivity contribution in [3.63, 3.8) is 0 Å². The number of ether oxygens (including phenoxy) is 2. The molecule has 0 fully saturated rings. The molecule has 0 atom stereocenters. The molecule has 1 aromatic rings. The van der Waals surface area contributed by atoms with E-state index in [-0.39, 0.29) is 0 Å². The topological polar surface area (TPSA) is 30.5 Å². The van der Waals surface area contributed by atoms with Crippen molar-refractivity contribution in [2.45, 2.75) is 40.2 Å². The minimum absolute atomic E-state index is 0.725. The van der Waals surface area contributed by atoms with Gasteiger partial charge in [0.1, 0.15) is 0 Å². The molecule has 0 aromatic heterocycles. The highest BCUT2D eigenvalue weighted by molar-refractivity contribution is 5.42. The van der Waals surface area contributed by atoms with Gasteiger partial charge >= 0.3 is 0 Å². The van der Waals surface area contributed by atoms with Gasteiger partial charge in [-0.25, -0.2) is 0 Å². The first-order valence-electron chi connectivity index (χ1n) is 7.17. The van der Waals surface area contributed by atoms with Gasteiger partial charge in [-0.1, -0.05) is 26.8 Å². The SMILES string of the molecule is CCCOc1ccc(CNCCC(C)C)cc1OC. The minimum Gasteiger partial charge on any atom is -0.493 e. The van der Waals surface area contributed by atoms with Gasteiger partial charge in [-0.3, -0.25) is 0 Å². The smallest absolute Gasteiger partial charge is 0.161 e. The second-order valence-electron chi connectivity index (χ2n) is 5.19. The van der Waals surface area contributed by atoms with E-state index in [1.54, 1.807) is 7.11 Å². The second-order valence-corrected chi connectivity index (χ2v) is 5.19. The molecular formula is C16H27NO2. The molecule has 1 rings (SSSR count). The van der Waals surface area contributed by atoms with Gasteiger partial charge in [0, 0.05) is 6.54 Å². The molecule has 0 aliphatic carbocycles. The van der Waals surface area contributed by atoms with Crippen LogP contribution in [0.1, 0.15) is 39.2 Å². The van der Waals surface area contributed by atoms with Gasteiger partial charge in [0.05, 0.1) is 13.7 Å². The normalized spacial score (nSPS) is 10.8. The Labute approximate surface area is 117 Å². The molecule has 1 aromatic carbocycles. The summed E-state index contributed by atoms with van der Waals surface area (Å²) in [5, 5.41) is 3.45. The van der Waals surface area contributed by atoms with E-state index in [1.807, 2.05) is 12.1 Å². The first-order chi connectivity index (χ1) is 9.17. The lowest BCUT2D eigenvalue weighted by molar-refractivity contribution is 0.294. The molecule has 0 radical (unpaired) electrons. The maximum atomic E-state index is 5.64. The molecule has 19 heavy (non-hydrogen) atoms. The number of rotatable bonds is 9. The fourth-order valence-corrected chi connectivity index (χ4v) is 1.78. The van der Waals surface area contributed by atoms with E-state index in [1.165, 1.54) is 12.0 Å². The standard InChI is InChI=1S/C16H27NO2/c1-5-10-19-15-7-6-14(11-16(15)18-4)12-17-9-8-13(2)3/h6-7,11,13,17H,5,8-10,12H2,1-4H3. The van der Waals surface area contributed by atoms with E-state index in [4.69, 9.17) is 9.47 Å². The van der Waals surface area contributed by atoms with Gasteiger partial charge in [0.25, 0.3) is 0 Å². The summed E-state index contributed by atoms with van der Waals surface area (Å²) in [6, 6.07) is 6.14. The van der Waals surface area contributed by atoms with Crippen LogP contribution in [0.4, 0.5) is 0 Å². The Morgan fingerprint density at radius 1 is 1.21 bits per heavy atom. The van der Waals surface area contributed by atoms with Gasteiger partial charge in [-0.15, -0.1) is 0 Å². The summed E-state index contributed by atoms with van der Waals surface area (Å²) in [4.78, 5) is 0. The number of hydrogen-bond acceptors (Lipinski definition) is 3. The van der Waals surface area contributed by atoms with Gasteiger partial charge < -0.3 is 14.8 Å². The zero-order valence-electron chi connectivity index (χ0n) is 12.7. The molecule has 0 aliphatic rings. The van der Waals surface area contributed by atoms with Crippen LogP contribution in [0, 0.1) is 5.92 Å². The molecule has 0 aliphatic heterocycles. The molecule has 0 amide bonds. The summed E-state index contributed by atoms with van der Waals surface area (Å²) in [5.41, 5.74) is 1.23. The average molecular weight is 265 g/mol. The Kier molecular flexibility index (Phi) is 7.34. The van der Waals surface area contributed by atoms with Crippen LogP contribution in [-0.4, -0.2) is 20.3 Å². The van der Waals surface area contributed by atoms with E-state index in [9.17, 15) is 0 Å². The molecule has 0 bridgehead atoms. The van der Waals surface area contributed by atoms with Crippen molar-refractivity contribution in [2.24, 2.45) is 5.92 Å². The quantitative estimate of drug-likeness (QED) is 0.692. The highest BCUT2D eigenvalue weighted by Crippen LogP contribution is 2.28. The van der Waals surface area contributed by atoms with Crippen molar-refractivity contribution >= 4 is 0 Å². The fourth-order valence-electron chi connectivity index (χ4n) is 1.78. The van der Waals surface area contributed by atoms with Crippen LogP contribution in [0.5, 0.6) is 11.5 Å². The van der Waals surface area contributed by atoms with Crippen molar-refractivity contribution < 1.29 is 9.47 Å². The summed E-state index contributed by atoms with van der Waals surface area (Å²) in [6.07, 6.45) is 2.20. The summed E-state index contributed by atoms with van der Waals surface area (Å²) < 4.78 is 11.0. The van der Waals surface area contributed by atoms with Crippen LogP contribution in [0.3, 0.4) is 0 Å². The summed E-state index contributed by atoms with van der Waals surface area (Å²) in [5.74, 6) is 2.39. The van der Waals surface area contributed by atoms with Crippen LogP contribution in [0.25, 0.3) is 0 Å². The first-order valence-corrected chi connectivity index (χ1v) is 7.17. The molecule has 0 spiro atoms.